The molecule has 0 aliphatic carbocycles. The van der Waals surface area contributed by atoms with Crippen molar-refractivity contribution in [3.05, 3.63) is 34.9 Å². The van der Waals surface area contributed by atoms with Crippen molar-refractivity contribution in [3.8, 4) is 0 Å². The number of aryl methyl sites for hydroxylation is 1. The Kier molecular flexibility index (Phi) is 4.70. The third kappa shape index (κ3) is 3.86. The Morgan fingerprint density at radius 3 is 2.53 bits per heavy atom. The number of aliphatic carboxylic acids is 1. The third-order valence-electron chi connectivity index (χ3n) is 2.83. The van der Waals surface area contributed by atoms with Crippen molar-refractivity contribution in [1.82, 2.24) is 0 Å². The van der Waals surface area contributed by atoms with Crippen LogP contribution in [0.5, 0.6) is 0 Å². The molecule has 3 heteroatoms. The molecular weight excluding hydrogens is 216 g/mol. The van der Waals surface area contributed by atoms with Gasteiger partial charge >= 0.3 is 5.97 Å². The lowest BCUT2D eigenvalue weighted by Gasteiger charge is -2.18. The molecule has 0 aromatic heterocycles. The second kappa shape index (κ2) is 5.82. The second-order valence-electron chi connectivity index (χ2n) is 4.57. The lowest BCUT2D eigenvalue weighted by Crippen LogP contribution is -2.29. The van der Waals surface area contributed by atoms with Crippen LogP contribution in [0.25, 0.3) is 0 Å². The Morgan fingerprint density at radius 2 is 2.00 bits per heavy atom. The van der Waals surface area contributed by atoms with Crippen LogP contribution in [0.1, 0.15) is 30.5 Å². The van der Waals surface area contributed by atoms with Gasteiger partial charge in [0.15, 0.2) is 6.10 Å². The van der Waals surface area contributed by atoms with Gasteiger partial charge in [-0.3, -0.25) is 0 Å². The lowest BCUT2D eigenvalue weighted by atomic mass is 9.98. The molecule has 1 atom stereocenters. The molecule has 1 aromatic carbocycles. The molecule has 0 amide bonds. The Labute approximate surface area is 102 Å². The second-order valence-corrected chi connectivity index (χ2v) is 4.57. The van der Waals surface area contributed by atoms with Crippen LogP contribution in [0.2, 0.25) is 0 Å². The smallest absolute Gasteiger partial charge is 0.333 e. The van der Waals surface area contributed by atoms with Crippen molar-refractivity contribution < 1.29 is 14.6 Å². The summed E-state index contributed by atoms with van der Waals surface area (Å²) < 4.78 is 5.41. The molecule has 0 radical (unpaired) electrons. The molecule has 0 aliphatic heterocycles. The maximum absolute atomic E-state index is 11.1. The number of hydrogen-bond donors (Lipinski definition) is 1. The highest BCUT2D eigenvalue weighted by Crippen LogP contribution is 2.16. The van der Waals surface area contributed by atoms with Gasteiger partial charge in [0.2, 0.25) is 0 Å². The average molecular weight is 236 g/mol. The first-order valence-electron chi connectivity index (χ1n) is 5.85. The first-order valence-corrected chi connectivity index (χ1v) is 5.85. The zero-order valence-electron chi connectivity index (χ0n) is 10.9. The summed E-state index contributed by atoms with van der Waals surface area (Å²) >= 11 is 0. The van der Waals surface area contributed by atoms with Crippen LogP contribution in [-0.4, -0.2) is 23.3 Å². The van der Waals surface area contributed by atoms with Gasteiger partial charge in [-0.2, -0.15) is 0 Å². The monoisotopic (exact) mass is 236 g/mol. The number of ether oxygens (including phenoxy) is 1. The number of benzene rings is 1. The van der Waals surface area contributed by atoms with Crippen molar-refractivity contribution in [1.29, 1.82) is 0 Å². The van der Waals surface area contributed by atoms with E-state index in [1.165, 1.54) is 5.56 Å². The Balaban J connectivity index is 2.86. The number of hydrogen-bond acceptors (Lipinski definition) is 2. The minimum atomic E-state index is -0.903. The zero-order valence-corrected chi connectivity index (χ0v) is 10.9. The summed E-state index contributed by atoms with van der Waals surface area (Å²) in [6, 6.07) is 5.94. The van der Waals surface area contributed by atoms with E-state index in [1.54, 1.807) is 0 Å². The molecule has 3 nitrogen and oxygen atoms in total. The fourth-order valence-electron chi connectivity index (χ4n) is 1.75. The Hall–Kier alpha value is -1.35. The topological polar surface area (TPSA) is 46.5 Å². The molecule has 17 heavy (non-hydrogen) atoms. The van der Waals surface area contributed by atoms with E-state index in [0.717, 1.165) is 11.1 Å². The molecule has 1 N–H and O–H groups in total. The molecule has 0 bridgehead atoms. The van der Waals surface area contributed by atoms with Crippen molar-refractivity contribution in [2.24, 2.45) is 0 Å². The van der Waals surface area contributed by atoms with E-state index < -0.39 is 12.1 Å². The van der Waals surface area contributed by atoms with Gasteiger partial charge in [0.05, 0.1) is 6.10 Å². The summed E-state index contributed by atoms with van der Waals surface area (Å²) in [6.45, 7) is 7.73. The van der Waals surface area contributed by atoms with Gasteiger partial charge in [-0.15, -0.1) is 0 Å². The van der Waals surface area contributed by atoms with E-state index in [0.29, 0.717) is 6.42 Å². The van der Waals surface area contributed by atoms with Crippen LogP contribution in [0.3, 0.4) is 0 Å². The normalized spacial score (nSPS) is 12.8. The van der Waals surface area contributed by atoms with Crippen LogP contribution < -0.4 is 0 Å². The van der Waals surface area contributed by atoms with Gasteiger partial charge in [-0.25, -0.2) is 4.79 Å². The minimum Gasteiger partial charge on any atom is -0.479 e. The van der Waals surface area contributed by atoms with Crippen LogP contribution in [0.4, 0.5) is 0 Å². The summed E-state index contributed by atoms with van der Waals surface area (Å²) in [7, 11) is 0. The summed E-state index contributed by atoms with van der Waals surface area (Å²) in [5.41, 5.74) is 3.36. The standard InChI is InChI=1S/C14H20O3/c1-9(2)17-13(14(15)16)8-12-7-5-6-10(3)11(12)4/h5-7,9,13H,8H2,1-4H3,(H,15,16)/t13-/m1/s1. The van der Waals surface area contributed by atoms with Gasteiger partial charge in [-0.05, 0) is 44.4 Å². The maximum atomic E-state index is 11.1. The minimum absolute atomic E-state index is 0.0822. The molecule has 1 rings (SSSR count). The molecule has 0 spiro atoms. The largest absolute Gasteiger partial charge is 0.479 e. The van der Waals surface area contributed by atoms with E-state index in [9.17, 15) is 4.79 Å². The molecule has 0 unspecified atom stereocenters. The average Bonchev–Trinajstić information content (AvgIpc) is 2.22. The summed E-state index contributed by atoms with van der Waals surface area (Å²) in [5, 5.41) is 9.12. The van der Waals surface area contributed by atoms with Gasteiger partial charge in [0.25, 0.3) is 0 Å². The molecule has 0 fully saturated rings. The fourth-order valence-corrected chi connectivity index (χ4v) is 1.75. The van der Waals surface area contributed by atoms with E-state index >= 15 is 0 Å². The number of carboxylic acids is 1. The van der Waals surface area contributed by atoms with Crippen molar-refractivity contribution >= 4 is 5.97 Å². The molecule has 1 aromatic rings. The van der Waals surface area contributed by atoms with Crippen LogP contribution in [-0.2, 0) is 16.0 Å². The number of carbonyl (C=O) groups is 1. The highest BCUT2D eigenvalue weighted by molar-refractivity contribution is 5.72. The van der Waals surface area contributed by atoms with E-state index in [4.69, 9.17) is 9.84 Å². The van der Waals surface area contributed by atoms with Crippen molar-refractivity contribution in [2.75, 3.05) is 0 Å². The first-order chi connectivity index (χ1) is 7.91. The fraction of sp³-hybridized carbons (Fsp3) is 0.500. The summed E-state index contributed by atoms with van der Waals surface area (Å²) in [4.78, 5) is 11.1. The first kappa shape index (κ1) is 13.7. The van der Waals surface area contributed by atoms with E-state index in [1.807, 2.05) is 45.9 Å². The Morgan fingerprint density at radius 1 is 1.35 bits per heavy atom. The molecule has 0 heterocycles. The zero-order chi connectivity index (χ0) is 13.0. The van der Waals surface area contributed by atoms with Gasteiger partial charge in [-0.1, -0.05) is 18.2 Å². The van der Waals surface area contributed by atoms with Crippen LogP contribution >= 0.6 is 0 Å². The third-order valence-corrected chi connectivity index (χ3v) is 2.83. The SMILES string of the molecule is Cc1cccc(C[C@@H](OC(C)C)C(=O)O)c1C. The van der Waals surface area contributed by atoms with E-state index in [-0.39, 0.29) is 6.10 Å². The van der Waals surface area contributed by atoms with Gasteiger partial charge in [0.1, 0.15) is 0 Å². The highest BCUT2D eigenvalue weighted by Gasteiger charge is 2.20. The lowest BCUT2D eigenvalue weighted by molar-refractivity contribution is -0.153. The Bertz CT molecular complexity index is 396. The predicted octanol–water partition coefficient (Wildman–Crippen LogP) is 2.72. The number of carboxylic acid groups (broad SMARTS) is 1. The van der Waals surface area contributed by atoms with Crippen molar-refractivity contribution in [3.63, 3.8) is 0 Å². The van der Waals surface area contributed by atoms with Crippen molar-refractivity contribution in [2.45, 2.75) is 46.3 Å². The highest BCUT2D eigenvalue weighted by atomic mass is 16.5. The quantitative estimate of drug-likeness (QED) is 0.855. The summed E-state index contributed by atoms with van der Waals surface area (Å²) in [6.07, 6.45) is -0.433. The van der Waals surface area contributed by atoms with Crippen LogP contribution in [0, 0.1) is 13.8 Å². The molecule has 0 saturated heterocycles. The molecule has 0 saturated carbocycles. The molecule has 0 aliphatic rings. The predicted molar refractivity (Wildman–Crippen MR) is 67.3 cm³/mol. The maximum Gasteiger partial charge on any atom is 0.333 e. The van der Waals surface area contributed by atoms with Gasteiger partial charge < -0.3 is 9.84 Å². The summed E-state index contributed by atoms with van der Waals surface area (Å²) in [5.74, 6) is -0.903. The van der Waals surface area contributed by atoms with Gasteiger partial charge in [0, 0.05) is 6.42 Å². The van der Waals surface area contributed by atoms with E-state index in [2.05, 4.69) is 0 Å². The molecular formula is C14H20O3. The number of rotatable bonds is 5. The molecule has 94 valence electrons. The van der Waals surface area contributed by atoms with Crippen LogP contribution in [0.15, 0.2) is 18.2 Å².